The fourth-order valence-corrected chi connectivity index (χ4v) is 5.52. The van der Waals surface area contributed by atoms with Gasteiger partial charge in [0.15, 0.2) is 0 Å². The zero-order valence-corrected chi connectivity index (χ0v) is 23.4. The van der Waals surface area contributed by atoms with E-state index >= 15 is 0 Å². The standard InChI is InChI=1S/C33H33N5O3/c1-4-27-26-22-37(33(39)34-28-14-9-10-16-30(28)41-5-2)31(23-17-19-25(40-3)20-18-23)29-15-11-21-36(29)32(26)38(35-27)24-12-7-6-8-13-24/h6-21,31H,4-5,22H2,1-3H3,(H,34,39)/t31-/m1/s1. The van der Waals surface area contributed by atoms with Crippen LogP contribution in [0.1, 0.15) is 42.4 Å². The van der Waals surface area contributed by atoms with Gasteiger partial charge < -0.3 is 24.3 Å². The molecule has 2 amide bonds. The molecule has 3 aromatic carbocycles. The number of carbonyl (C=O) groups excluding carboxylic acids is 1. The first-order valence-electron chi connectivity index (χ1n) is 13.9. The maximum atomic E-state index is 14.3. The largest absolute Gasteiger partial charge is 0.497 e. The van der Waals surface area contributed by atoms with Crippen molar-refractivity contribution in [1.82, 2.24) is 19.2 Å². The van der Waals surface area contributed by atoms with Crippen molar-refractivity contribution < 1.29 is 14.3 Å². The third-order valence-corrected chi connectivity index (χ3v) is 7.42. The highest BCUT2D eigenvalue weighted by Gasteiger charge is 2.36. The predicted molar refractivity (Wildman–Crippen MR) is 159 cm³/mol. The maximum Gasteiger partial charge on any atom is 0.323 e. The Labute approximate surface area is 239 Å². The Hall–Kier alpha value is -4.98. The van der Waals surface area contributed by atoms with Crippen molar-refractivity contribution in [2.75, 3.05) is 19.0 Å². The molecule has 6 rings (SSSR count). The van der Waals surface area contributed by atoms with E-state index in [1.54, 1.807) is 7.11 Å². The molecule has 0 radical (unpaired) electrons. The molecule has 41 heavy (non-hydrogen) atoms. The molecule has 1 atom stereocenters. The Balaban J connectivity index is 1.53. The molecule has 0 spiro atoms. The van der Waals surface area contributed by atoms with Gasteiger partial charge in [0.1, 0.15) is 17.3 Å². The summed E-state index contributed by atoms with van der Waals surface area (Å²) in [6.45, 7) is 4.90. The molecule has 1 aliphatic rings. The first-order valence-corrected chi connectivity index (χ1v) is 13.9. The zero-order valence-electron chi connectivity index (χ0n) is 23.4. The average molecular weight is 548 g/mol. The molecule has 8 heteroatoms. The second-order valence-corrected chi connectivity index (χ2v) is 9.82. The van der Waals surface area contributed by atoms with Gasteiger partial charge in [0.2, 0.25) is 0 Å². The van der Waals surface area contributed by atoms with Crippen molar-refractivity contribution in [2.45, 2.75) is 32.9 Å². The first kappa shape index (κ1) is 26.3. The molecular weight excluding hydrogens is 514 g/mol. The molecule has 5 aromatic rings. The smallest absolute Gasteiger partial charge is 0.323 e. The Kier molecular flexibility index (Phi) is 7.20. The van der Waals surface area contributed by atoms with E-state index in [-0.39, 0.29) is 12.1 Å². The number of aryl methyl sites for hydroxylation is 1. The lowest BCUT2D eigenvalue weighted by molar-refractivity contribution is 0.194. The number of hydrogen-bond acceptors (Lipinski definition) is 4. The van der Waals surface area contributed by atoms with Crippen LogP contribution in [0.3, 0.4) is 0 Å². The van der Waals surface area contributed by atoms with E-state index in [1.807, 2.05) is 89.3 Å². The Bertz CT molecular complexity index is 1660. The van der Waals surface area contributed by atoms with Crippen LogP contribution in [0.4, 0.5) is 10.5 Å². The number of amides is 2. The number of fused-ring (bicyclic) bond motifs is 3. The van der Waals surface area contributed by atoms with Gasteiger partial charge in [-0.15, -0.1) is 0 Å². The third-order valence-electron chi connectivity index (χ3n) is 7.42. The van der Waals surface area contributed by atoms with Crippen LogP contribution in [-0.4, -0.2) is 39.0 Å². The number of methoxy groups -OCH3 is 1. The summed E-state index contributed by atoms with van der Waals surface area (Å²) in [5.74, 6) is 2.33. The summed E-state index contributed by atoms with van der Waals surface area (Å²) >= 11 is 0. The second-order valence-electron chi connectivity index (χ2n) is 9.82. The molecule has 1 aliphatic heterocycles. The highest BCUT2D eigenvalue weighted by atomic mass is 16.5. The first-order chi connectivity index (χ1) is 20.1. The van der Waals surface area contributed by atoms with Crippen LogP contribution >= 0.6 is 0 Å². The lowest BCUT2D eigenvalue weighted by atomic mass is 10.0. The Morgan fingerprint density at radius 2 is 1.71 bits per heavy atom. The summed E-state index contributed by atoms with van der Waals surface area (Å²) in [4.78, 5) is 16.2. The number of carbonyl (C=O) groups is 1. The molecule has 1 N–H and O–H groups in total. The number of benzene rings is 3. The van der Waals surface area contributed by atoms with Crippen molar-refractivity contribution in [3.63, 3.8) is 0 Å². The van der Waals surface area contributed by atoms with E-state index in [0.717, 1.165) is 46.2 Å². The molecule has 0 unspecified atom stereocenters. The Morgan fingerprint density at radius 1 is 0.951 bits per heavy atom. The molecule has 0 fully saturated rings. The predicted octanol–water partition coefficient (Wildman–Crippen LogP) is 6.77. The Morgan fingerprint density at radius 3 is 2.44 bits per heavy atom. The number of anilines is 1. The van der Waals surface area contributed by atoms with Crippen molar-refractivity contribution in [3.05, 3.63) is 120 Å². The van der Waals surface area contributed by atoms with E-state index in [4.69, 9.17) is 14.6 Å². The van der Waals surface area contributed by atoms with E-state index < -0.39 is 0 Å². The average Bonchev–Trinajstić information content (AvgIpc) is 3.60. The van der Waals surface area contributed by atoms with Gasteiger partial charge in [-0.05, 0) is 67.4 Å². The summed E-state index contributed by atoms with van der Waals surface area (Å²) < 4.78 is 15.4. The van der Waals surface area contributed by atoms with Crippen molar-refractivity contribution in [2.24, 2.45) is 0 Å². The monoisotopic (exact) mass is 547 g/mol. The molecule has 0 saturated heterocycles. The quantitative estimate of drug-likeness (QED) is 0.244. The maximum absolute atomic E-state index is 14.3. The van der Waals surface area contributed by atoms with Gasteiger partial charge in [-0.1, -0.05) is 49.4 Å². The molecular formula is C33H33N5O3. The van der Waals surface area contributed by atoms with E-state index in [0.29, 0.717) is 24.6 Å². The highest BCUT2D eigenvalue weighted by Crippen LogP contribution is 2.39. The van der Waals surface area contributed by atoms with Crippen molar-refractivity contribution in [1.29, 1.82) is 0 Å². The van der Waals surface area contributed by atoms with Gasteiger partial charge in [0, 0.05) is 11.8 Å². The minimum absolute atomic E-state index is 0.229. The van der Waals surface area contributed by atoms with Crippen LogP contribution in [0.25, 0.3) is 11.5 Å². The minimum atomic E-state index is -0.378. The van der Waals surface area contributed by atoms with Crippen LogP contribution in [0, 0.1) is 0 Å². The normalized spacial score (nSPS) is 14.1. The fourth-order valence-electron chi connectivity index (χ4n) is 5.52. The van der Waals surface area contributed by atoms with Gasteiger partial charge in [-0.3, -0.25) is 0 Å². The van der Waals surface area contributed by atoms with Gasteiger partial charge in [-0.2, -0.15) is 5.10 Å². The van der Waals surface area contributed by atoms with Gasteiger partial charge in [0.25, 0.3) is 0 Å². The number of urea groups is 1. The van der Waals surface area contributed by atoms with Crippen LogP contribution in [0.2, 0.25) is 0 Å². The van der Waals surface area contributed by atoms with Gasteiger partial charge >= 0.3 is 6.03 Å². The van der Waals surface area contributed by atoms with Gasteiger partial charge in [0.05, 0.1) is 49.1 Å². The molecule has 3 heterocycles. The third kappa shape index (κ3) is 4.82. The van der Waals surface area contributed by atoms with Crippen LogP contribution in [0.5, 0.6) is 11.5 Å². The lowest BCUT2D eigenvalue weighted by Crippen LogP contribution is -2.38. The van der Waals surface area contributed by atoms with E-state index in [2.05, 4.69) is 41.2 Å². The number of hydrogen-bond donors (Lipinski definition) is 1. The van der Waals surface area contributed by atoms with Crippen LogP contribution in [-0.2, 0) is 13.0 Å². The summed E-state index contributed by atoms with van der Waals surface area (Å²) in [6.07, 6.45) is 2.78. The minimum Gasteiger partial charge on any atom is -0.497 e. The van der Waals surface area contributed by atoms with Gasteiger partial charge in [-0.25, -0.2) is 9.48 Å². The van der Waals surface area contributed by atoms with E-state index in [1.165, 1.54) is 0 Å². The highest BCUT2D eigenvalue weighted by molar-refractivity contribution is 5.91. The van der Waals surface area contributed by atoms with Crippen molar-refractivity contribution >= 4 is 11.7 Å². The summed E-state index contributed by atoms with van der Waals surface area (Å²) in [5.41, 5.74) is 5.49. The molecule has 0 bridgehead atoms. The zero-order chi connectivity index (χ0) is 28.3. The summed E-state index contributed by atoms with van der Waals surface area (Å²) in [5, 5.41) is 8.18. The topological polar surface area (TPSA) is 73.5 Å². The summed E-state index contributed by atoms with van der Waals surface area (Å²) in [7, 11) is 1.65. The van der Waals surface area contributed by atoms with E-state index in [9.17, 15) is 4.79 Å². The molecule has 0 aliphatic carbocycles. The number of ether oxygens (including phenoxy) is 2. The fraction of sp³-hybridized carbons (Fsp3) is 0.212. The number of nitrogens with one attached hydrogen (secondary N) is 1. The molecule has 208 valence electrons. The number of para-hydroxylation sites is 3. The van der Waals surface area contributed by atoms with Crippen LogP contribution in [0.15, 0.2) is 97.2 Å². The number of aromatic nitrogens is 3. The molecule has 2 aromatic heterocycles. The summed E-state index contributed by atoms with van der Waals surface area (Å²) in [6, 6.07) is 29.1. The van der Waals surface area contributed by atoms with Crippen LogP contribution < -0.4 is 14.8 Å². The molecule has 0 saturated carbocycles. The van der Waals surface area contributed by atoms with Crippen molar-refractivity contribution in [3.8, 4) is 23.0 Å². The number of rotatable bonds is 7. The molecule has 8 nitrogen and oxygen atoms in total. The lowest BCUT2D eigenvalue weighted by Gasteiger charge is -2.31. The second kappa shape index (κ2) is 11.3. The number of nitrogens with zero attached hydrogens (tertiary/aromatic N) is 4. The SMILES string of the molecule is CCOc1ccccc1NC(=O)N1Cc2c(CC)nn(-c3ccccc3)c2-n2cccc2[C@H]1c1ccc(OC)cc1.